The maximum Gasteiger partial charge on any atom is 0.232 e. The molecule has 0 spiro atoms. The molecule has 1 aromatic carbocycles. The quantitative estimate of drug-likeness (QED) is 0.900. The first-order valence-electron chi connectivity index (χ1n) is 7.13. The zero-order chi connectivity index (χ0) is 15.7. The molecule has 0 bridgehead atoms. The van der Waals surface area contributed by atoms with Crippen molar-refractivity contribution in [1.29, 1.82) is 0 Å². The summed E-state index contributed by atoms with van der Waals surface area (Å²) < 4.78 is 0. The predicted octanol–water partition coefficient (Wildman–Crippen LogP) is 4.40. The lowest BCUT2D eigenvalue weighted by molar-refractivity contribution is -0.117. The second kappa shape index (κ2) is 6.23. The van der Waals surface area contributed by atoms with E-state index in [1.807, 2.05) is 0 Å². The molecule has 0 aliphatic heterocycles. The molecule has 6 heteroatoms. The maximum atomic E-state index is 12.5. The second-order valence-electron chi connectivity index (χ2n) is 5.41. The highest BCUT2D eigenvalue weighted by Gasteiger charge is 2.29. The van der Waals surface area contributed by atoms with Crippen molar-refractivity contribution < 1.29 is 4.79 Å². The first-order valence-corrected chi connectivity index (χ1v) is 7.89. The number of carbonyl (C=O) groups is 1. The van der Waals surface area contributed by atoms with Crippen LogP contribution < -0.4 is 5.32 Å². The summed E-state index contributed by atoms with van der Waals surface area (Å²) in [5.41, 5.74) is 1.48. The number of nitrogens with zero attached hydrogens (tertiary/aromatic N) is 2. The van der Waals surface area contributed by atoms with Crippen LogP contribution in [0.5, 0.6) is 0 Å². The molecule has 1 fully saturated rings. The van der Waals surface area contributed by atoms with E-state index in [4.69, 9.17) is 23.2 Å². The van der Waals surface area contributed by atoms with Crippen LogP contribution in [-0.4, -0.2) is 15.9 Å². The van der Waals surface area contributed by atoms with Crippen molar-refractivity contribution in [1.82, 2.24) is 9.97 Å². The summed E-state index contributed by atoms with van der Waals surface area (Å²) in [5.74, 6) is 0.265. The van der Waals surface area contributed by atoms with Crippen molar-refractivity contribution in [2.45, 2.75) is 31.6 Å². The molecule has 1 aromatic heterocycles. The Kier molecular flexibility index (Phi) is 4.32. The lowest BCUT2D eigenvalue weighted by Crippen LogP contribution is -2.21. The minimum absolute atomic E-state index is 0.197. The molecule has 1 aliphatic rings. The van der Waals surface area contributed by atoms with Crippen LogP contribution in [0.15, 0.2) is 30.6 Å². The largest absolute Gasteiger partial charge is 0.309 e. The Balaban J connectivity index is 1.83. The van der Waals surface area contributed by atoms with E-state index in [0.29, 0.717) is 27.3 Å². The maximum absolute atomic E-state index is 12.5. The number of amides is 1. The van der Waals surface area contributed by atoms with Gasteiger partial charge in [-0.05, 0) is 31.9 Å². The zero-order valence-electron chi connectivity index (χ0n) is 12.0. The van der Waals surface area contributed by atoms with Gasteiger partial charge in [0, 0.05) is 33.9 Å². The van der Waals surface area contributed by atoms with E-state index < -0.39 is 5.92 Å². The standard InChI is InChI=1S/C16H15Cl2N3O/c1-9(13-11(17)3-2-4-12(13)18)16(22)21-15-14(10-5-6-10)19-7-8-20-15/h2-4,7-10H,5-6H2,1H3,(H,20,21,22). The molecule has 22 heavy (non-hydrogen) atoms. The summed E-state index contributed by atoms with van der Waals surface area (Å²) in [6.45, 7) is 1.77. The highest BCUT2D eigenvalue weighted by Crippen LogP contribution is 2.41. The molecular weight excluding hydrogens is 321 g/mol. The fraction of sp³-hybridized carbons (Fsp3) is 0.312. The minimum atomic E-state index is -0.477. The topological polar surface area (TPSA) is 54.9 Å². The van der Waals surface area contributed by atoms with E-state index in [-0.39, 0.29) is 5.91 Å². The molecule has 0 radical (unpaired) electrons. The molecule has 1 heterocycles. The van der Waals surface area contributed by atoms with Crippen LogP contribution in [0.4, 0.5) is 5.82 Å². The van der Waals surface area contributed by atoms with E-state index in [1.54, 1.807) is 37.5 Å². The van der Waals surface area contributed by atoms with Gasteiger partial charge in [-0.1, -0.05) is 29.3 Å². The highest BCUT2D eigenvalue weighted by atomic mass is 35.5. The number of rotatable bonds is 4. The van der Waals surface area contributed by atoms with E-state index in [0.717, 1.165) is 18.5 Å². The molecule has 0 saturated heterocycles. The number of anilines is 1. The first-order chi connectivity index (χ1) is 10.6. The van der Waals surface area contributed by atoms with Gasteiger partial charge in [-0.25, -0.2) is 4.98 Å². The predicted molar refractivity (Wildman–Crippen MR) is 87.5 cm³/mol. The molecule has 1 aliphatic carbocycles. The van der Waals surface area contributed by atoms with E-state index in [1.165, 1.54) is 0 Å². The number of aromatic nitrogens is 2. The number of nitrogens with one attached hydrogen (secondary N) is 1. The van der Waals surface area contributed by atoms with Crippen molar-refractivity contribution in [3.05, 3.63) is 51.9 Å². The average Bonchev–Trinajstić information content (AvgIpc) is 3.32. The van der Waals surface area contributed by atoms with Crippen LogP contribution in [-0.2, 0) is 4.79 Å². The molecule has 114 valence electrons. The van der Waals surface area contributed by atoms with Crippen LogP contribution in [0.2, 0.25) is 10.0 Å². The molecule has 1 N–H and O–H groups in total. The van der Waals surface area contributed by atoms with Crippen LogP contribution in [0, 0.1) is 0 Å². The molecule has 1 atom stereocenters. The van der Waals surface area contributed by atoms with Gasteiger partial charge in [0.1, 0.15) is 0 Å². The van der Waals surface area contributed by atoms with Gasteiger partial charge in [0.05, 0.1) is 11.6 Å². The van der Waals surface area contributed by atoms with Gasteiger partial charge >= 0.3 is 0 Å². The third-order valence-corrected chi connectivity index (χ3v) is 4.42. The van der Waals surface area contributed by atoms with Crippen LogP contribution in [0.3, 0.4) is 0 Å². The summed E-state index contributed by atoms with van der Waals surface area (Å²) >= 11 is 12.3. The SMILES string of the molecule is CC(C(=O)Nc1nccnc1C1CC1)c1c(Cl)cccc1Cl. The Morgan fingerprint density at radius 2 is 1.86 bits per heavy atom. The van der Waals surface area contributed by atoms with E-state index in [2.05, 4.69) is 15.3 Å². The number of halogens is 2. The van der Waals surface area contributed by atoms with Crippen molar-refractivity contribution in [3.8, 4) is 0 Å². The average molecular weight is 336 g/mol. The van der Waals surface area contributed by atoms with Gasteiger partial charge in [-0.2, -0.15) is 0 Å². The van der Waals surface area contributed by atoms with Crippen LogP contribution in [0.1, 0.15) is 42.9 Å². The summed E-state index contributed by atoms with van der Waals surface area (Å²) in [7, 11) is 0. The third-order valence-electron chi connectivity index (χ3n) is 3.76. The summed E-state index contributed by atoms with van der Waals surface area (Å²) in [4.78, 5) is 21.1. The van der Waals surface area contributed by atoms with Gasteiger partial charge in [-0.3, -0.25) is 9.78 Å². The lowest BCUT2D eigenvalue weighted by Gasteiger charge is -2.16. The summed E-state index contributed by atoms with van der Waals surface area (Å²) in [5, 5.41) is 3.82. The Bertz CT molecular complexity index is 696. The Morgan fingerprint density at radius 3 is 2.50 bits per heavy atom. The number of hydrogen-bond donors (Lipinski definition) is 1. The van der Waals surface area contributed by atoms with Gasteiger partial charge in [-0.15, -0.1) is 0 Å². The fourth-order valence-electron chi connectivity index (χ4n) is 2.38. The van der Waals surface area contributed by atoms with Gasteiger partial charge in [0.25, 0.3) is 0 Å². The van der Waals surface area contributed by atoms with Crippen molar-refractivity contribution in [2.75, 3.05) is 5.32 Å². The zero-order valence-corrected chi connectivity index (χ0v) is 13.5. The Labute approximate surface area is 138 Å². The molecular formula is C16H15Cl2N3O. The molecule has 3 rings (SSSR count). The van der Waals surface area contributed by atoms with Crippen LogP contribution >= 0.6 is 23.2 Å². The third kappa shape index (κ3) is 3.08. The van der Waals surface area contributed by atoms with Crippen molar-refractivity contribution in [3.63, 3.8) is 0 Å². The molecule has 1 unspecified atom stereocenters. The molecule has 1 amide bonds. The highest BCUT2D eigenvalue weighted by molar-refractivity contribution is 6.36. The molecule has 1 saturated carbocycles. The van der Waals surface area contributed by atoms with E-state index in [9.17, 15) is 4.79 Å². The smallest absolute Gasteiger partial charge is 0.232 e. The van der Waals surface area contributed by atoms with Gasteiger partial charge in [0.15, 0.2) is 5.82 Å². The fourth-order valence-corrected chi connectivity index (χ4v) is 3.11. The Hall–Kier alpha value is -1.65. The summed E-state index contributed by atoms with van der Waals surface area (Å²) in [6, 6.07) is 5.21. The van der Waals surface area contributed by atoms with Crippen molar-refractivity contribution >= 4 is 34.9 Å². The number of carbonyl (C=O) groups excluding carboxylic acids is 1. The second-order valence-corrected chi connectivity index (χ2v) is 6.23. The minimum Gasteiger partial charge on any atom is -0.309 e. The molecule has 4 nitrogen and oxygen atoms in total. The number of hydrogen-bond acceptors (Lipinski definition) is 3. The van der Waals surface area contributed by atoms with Gasteiger partial charge in [0.2, 0.25) is 5.91 Å². The monoisotopic (exact) mass is 335 g/mol. The first kappa shape index (κ1) is 15.3. The van der Waals surface area contributed by atoms with Crippen molar-refractivity contribution in [2.24, 2.45) is 0 Å². The molecule has 2 aromatic rings. The van der Waals surface area contributed by atoms with E-state index >= 15 is 0 Å². The summed E-state index contributed by atoms with van der Waals surface area (Å²) in [6.07, 6.45) is 5.41. The lowest BCUT2D eigenvalue weighted by atomic mass is 10.00. The van der Waals surface area contributed by atoms with Crippen LogP contribution in [0.25, 0.3) is 0 Å². The Morgan fingerprint density at radius 1 is 1.23 bits per heavy atom. The number of benzene rings is 1. The van der Waals surface area contributed by atoms with Gasteiger partial charge < -0.3 is 5.32 Å². The normalized spacial score (nSPS) is 15.4.